The second kappa shape index (κ2) is 8.27. The van der Waals surface area contributed by atoms with Crippen LogP contribution >= 0.6 is 0 Å². The van der Waals surface area contributed by atoms with Crippen LogP contribution in [0, 0.1) is 5.82 Å². The van der Waals surface area contributed by atoms with Gasteiger partial charge < -0.3 is 20.8 Å². The average Bonchev–Trinajstić information content (AvgIpc) is 3.36. The molecule has 5 N–H and O–H groups in total. The first-order chi connectivity index (χ1) is 15.3. The van der Waals surface area contributed by atoms with Gasteiger partial charge in [-0.3, -0.25) is 14.7 Å². The molecule has 0 bridgehead atoms. The number of halogens is 1. The topological polar surface area (TPSA) is 126 Å². The number of carbonyl (C=O) groups excluding carboxylic acids is 2. The molecule has 0 radical (unpaired) electrons. The van der Waals surface area contributed by atoms with Crippen LogP contribution < -0.4 is 16.4 Å². The predicted octanol–water partition coefficient (Wildman–Crippen LogP) is 3.67. The van der Waals surface area contributed by atoms with E-state index in [4.69, 9.17) is 10.2 Å². The summed E-state index contributed by atoms with van der Waals surface area (Å²) in [7, 11) is 0. The highest BCUT2D eigenvalue weighted by molar-refractivity contribution is 6.07. The Kier molecular flexibility index (Phi) is 5.50. The monoisotopic (exact) mass is 435 g/mol. The molecule has 0 aliphatic rings. The Hall–Kier alpha value is -3.98. The van der Waals surface area contributed by atoms with Crippen LogP contribution in [-0.4, -0.2) is 22.0 Å². The molecule has 32 heavy (non-hydrogen) atoms. The van der Waals surface area contributed by atoms with Gasteiger partial charge in [0.2, 0.25) is 0 Å². The summed E-state index contributed by atoms with van der Waals surface area (Å²) in [4.78, 5) is 25.3. The highest BCUT2D eigenvalue weighted by Crippen LogP contribution is 2.27. The van der Waals surface area contributed by atoms with Crippen LogP contribution in [0.25, 0.3) is 11.1 Å². The van der Waals surface area contributed by atoms with E-state index < -0.39 is 17.3 Å². The second-order valence-corrected chi connectivity index (χ2v) is 7.84. The van der Waals surface area contributed by atoms with Gasteiger partial charge in [-0.2, -0.15) is 5.10 Å². The fourth-order valence-corrected chi connectivity index (χ4v) is 3.37. The van der Waals surface area contributed by atoms with Crippen LogP contribution in [0.4, 0.5) is 10.2 Å². The zero-order valence-corrected chi connectivity index (χ0v) is 17.5. The molecule has 2 aromatic heterocycles. The standard InChI is InChI=1S/C23H22FN5O3/c1-23(2,15-5-3-4-6-16(15)24)27-22(31)18-11-17-19(32-18)20(29-28-17)26-21(30)14-9-7-13(12-25)8-10-14/h3-11H,12,25H2,1-2H3,(H,27,31)(H2,26,28,29,30). The van der Waals surface area contributed by atoms with Crippen molar-refractivity contribution in [2.45, 2.75) is 25.9 Å². The van der Waals surface area contributed by atoms with E-state index in [0.29, 0.717) is 23.2 Å². The molecule has 4 aromatic rings. The van der Waals surface area contributed by atoms with Crippen LogP contribution in [0.1, 0.15) is 45.9 Å². The lowest BCUT2D eigenvalue weighted by Crippen LogP contribution is -2.41. The number of H-pyrrole nitrogens is 1. The lowest BCUT2D eigenvalue weighted by molar-refractivity contribution is 0.0884. The molecule has 0 fully saturated rings. The fraction of sp³-hybridized carbons (Fsp3) is 0.174. The average molecular weight is 435 g/mol. The molecule has 2 heterocycles. The Morgan fingerprint density at radius 2 is 1.84 bits per heavy atom. The van der Waals surface area contributed by atoms with Crippen LogP contribution in [0.15, 0.2) is 59.0 Å². The highest BCUT2D eigenvalue weighted by Gasteiger charge is 2.28. The molecule has 2 aromatic carbocycles. The van der Waals surface area contributed by atoms with Gasteiger partial charge in [-0.15, -0.1) is 0 Å². The van der Waals surface area contributed by atoms with E-state index in [-0.39, 0.29) is 23.1 Å². The Bertz CT molecular complexity index is 1290. The van der Waals surface area contributed by atoms with Crippen molar-refractivity contribution in [2.24, 2.45) is 5.73 Å². The van der Waals surface area contributed by atoms with Gasteiger partial charge in [0.1, 0.15) is 11.3 Å². The molecule has 0 spiro atoms. The summed E-state index contributed by atoms with van der Waals surface area (Å²) in [6.45, 7) is 3.77. The van der Waals surface area contributed by atoms with Gasteiger partial charge in [0, 0.05) is 23.7 Å². The number of fused-ring (bicyclic) bond motifs is 1. The smallest absolute Gasteiger partial charge is 0.287 e. The maximum absolute atomic E-state index is 14.2. The van der Waals surface area contributed by atoms with Crippen molar-refractivity contribution in [1.82, 2.24) is 15.5 Å². The van der Waals surface area contributed by atoms with Gasteiger partial charge in [-0.05, 0) is 37.6 Å². The van der Waals surface area contributed by atoms with E-state index in [2.05, 4.69) is 20.8 Å². The van der Waals surface area contributed by atoms with Crippen LogP contribution in [0.3, 0.4) is 0 Å². The van der Waals surface area contributed by atoms with E-state index in [0.717, 1.165) is 5.56 Å². The summed E-state index contributed by atoms with van der Waals surface area (Å²) < 4.78 is 19.8. The van der Waals surface area contributed by atoms with Crippen molar-refractivity contribution >= 4 is 28.7 Å². The molecule has 2 amide bonds. The van der Waals surface area contributed by atoms with Crippen LogP contribution in [0.2, 0.25) is 0 Å². The number of amides is 2. The summed E-state index contributed by atoms with van der Waals surface area (Å²) in [5, 5.41) is 12.2. The van der Waals surface area contributed by atoms with E-state index in [9.17, 15) is 14.0 Å². The fourth-order valence-electron chi connectivity index (χ4n) is 3.37. The molecule has 0 aliphatic carbocycles. The molecule has 8 nitrogen and oxygen atoms in total. The molecular weight excluding hydrogens is 413 g/mol. The molecule has 0 saturated heterocycles. The zero-order chi connectivity index (χ0) is 22.9. The van der Waals surface area contributed by atoms with Gasteiger partial charge in [-0.25, -0.2) is 4.39 Å². The Morgan fingerprint density at radius 1 is 1.12 bits per heavy atom. The number of nitrogens with two attached hydrogens (primary N) is 1. The van der Waals surface area contributed by atoms with Crippen molar-refractivity contribution in [3.8, 4) is 0 Å². The summed E-state index contributed by atoms with van der Waals surface area (Å²) in [5.41, 5.74) is 6.94. The SMILES string of the molecule is CC(C)(NC(=O)c1cc2[nH]nc(NC(=O)c3ccc(CN)cc3)c2o1)c1ccccc1F. The van der Waals surface area contributed by atoms with Gasteiger partial charge >= 0.3 is 0 Å². The maximum Gasteiger partial charge on any atom is 0.287 e. The first kappa shape index (κ1) is 21.3. The van der Waals surface area contributed by atoms with Gasteiger partial charge in [0.15, 0.2) is 17.2 Å². The first-order valence-corrected chi connectivity index (χ1v) is 9.94. The number of anilines is 1. The Morgan fingerprint density at radius 3 is 2.53 bits per heavy atom. The van der Waals surface area contributed by atoms with Crippen LogP contribution in [0.5, 0.6) is 0 Å². The molecule has 4 rings (SSSR count). The summed E-state index contributed by atoms with van der Waals surface area (Å²) >= 11 is 0. The molecule has 164 valence electrons. The minimum absolute atomic E-state index is 0.000798. The number of nitrogens with zero attached hydrogens (tertiary/aromatic N) is 1. The van der Waals surface area contributed by atoms with E-state index in [1.165, 1.54) is 12.1 Å². The number of aromatic nitrogens is 2. The summed E-state index contributed by atoms with van der Waals surface area (Å²) in [6, 6.07) is 14.6. The third-order valence-electron chi connectivity index (χ3n) is 5.12. The number of hydrogen-bond acceptors (Lipinski definition) is 5. The third-order valence-corrected chi connectivity index (χ3v) is 5.12. The highest BCUT2D eigenvalue weighted by atomic mass is 19.1. The molecule has 0 aliphatic heterocycles. The van der Waals surface area contributed by atoms with Crippen molar-refractivity contribution in [2.75, 3.05) is 5.32 Å². The Labute approximate surface area is 183 Å². The largest absolute Gasteiger partial charge is 0.445 e. The molecule has 0 atom stereocenters. The second-order valence-electron chi connectivity index (χ2n) is 7.84. The van der Waals surface area contributed by atoms with Gasteiger partial charge in [-0.1, -0.05) is 30.3 Å². The number of rotatable bonds is 6. The molecule has 0 saturated carbocycles. The molecular formula is C23H22FN5O3. The Balaban J connectivity index is 1.52. The quantitative estimate of drug-likeness (QED) is 0.368. The van der Waals surface area contributed by atoms with E-state index in [1.807, 2.05) is 0 Å². The van der Waals surface area contributed by atoms with Crippen LogP contribution in [-0.2, 0) is 12.1 Å². The summed E-state index contributed by atoms with van der Waals surface area (Å²) in [6.07, 6.45) is 0. The van der Waals surface area contributed by atoms with Crippen molar-refractivity contribution in [3.63, 3.8) is 0 Å². The van der Waals surface area contributed by atoms with Gasteiger partial charge in [0.05, 0.1) is 5.54 Å². The van der Waals surface area contributed by atoms with Crippen molar-refractivity contribution in [3.05, 3.63) is 82.9 Å². The minimum atomic E-state index is -0.978. The summed E-state index contributed by atoms with van der Waals surface area (Å²) in [5.74, 6) is -1.18. The number of hydrogen-bond donors (Lipinski definition) is 4. The predicted molar refractivity (Wildman–Crippen MR) is 118 cm³/mol. The number of carbonyl (C=O) groups is 2. The number of aromatic amines is 1. The number of benzene rings is 2. The van der Waals surface area contributed by atoms with Crippen molar-refractivity contribution in [1.29, 1.82) is 0 Å². The molecule has 0 unspecified atom stereocenters. The van der Waals surface area contributed by atoms with Crippen molar-refractivity contribution < 1.29 is 18.4 Å². The van der Waals surface area contributed by atoms with Gasteiger partial charge in [0.25, 0.3) is 11.8 Å². The number of furan rings is 1. The van der Waals surface area contributed by atoms with E-state index in [1.54, 1.807) is 56.3 Å². The normalized spacial score (nSPS) is 11.5. The molecule has 9 heteroatoms. The van der Waals surface area contributed by atoms with E-state index >= 15 is 0 Å². The first-order valence-electron chi connectivity index (χ1n) is 9.94. The maximum atomic E-state index is 14.2. The number of nitrogens with one attached hydrogen (secondary N) is 3. The zero-order valence-electron chi connectivity index (χ0n) is 17.5. The lowest BCUT2D eigenvalue weighted by atomic mass is 9.93. The minimum Gasteiger partial charge on any atom is -0.445 e. The third kappa shape index (κ3) is 4.10. The lowest BCUT2D eigenvalue weighted by Gasteiger charge is -2.26.